The van der Waals surface area contributed by atoms with Crippen molar-refractivity contribution in [1.29, 1.82) is 0 Å². The Morgan fingerprint density at radius 1 is 1.56 bits per heavy atom. The van der Waals surface area contributed by atoms with Gasteiger partial charge in [-0.05, 0) is 18.6 Å². The molecular formula is C6H9NO2. The maximum Gasteiger partial charge on any atom is 0.0791 e. The second-order valence-electron chi connectivity index (χ2n) is 1.50. The molecule has 0 radical (unpaired) electrons. The third-order valence-corrected chi connectivity index (χ3v) is 0.707. The van der Waals surface area contributed by atoms with Crippen LogP contribution in [0.4, 0.5) is 0 Å². The molecule has 2 N–H and O–H groups in total. The Morgan fingerprint density at radius 3 is 2.67 bits per heavy atom. The number of aliphatic hydroxyl groups excluding tert-OH is 1. The van der Waals surface area contributed by atoms with Crippen LogP contribution in [0, 0.1) is 0 Å². The summed E-state index contributed by atoms with van der Waals surface area (Å²) < 4.78 is 0. The Labute approximate surface area is 53.6 Å². The van der Waals surface area contributed by atoms with Crippen LogP contribution >= 0.6 is 0 Å². The van der Waals surface area contributed by atoms with Crippen molar-refractivity contribution in [3.05, 3.63) is 24.0 Å². The topological polar surface area (TPSA) is 52.8 Å². The molecular weight excluding hydrogens is 118 g/mol. The lowest BCUT2D eigenvalue weighted by Crippen LogP contribution is -1.74. The second-order valence-corrected chi connectivity index (χ2v) is 1.50. The van der Waals surface area contributed by atoms with Crippen molar-refractivity contribution < 1.29 is 10.3 Å². The molecule has 0 unspecified atom stereocenters. The molecule has 0 aromatic rings. The van der Waals surface area contributed by atoms with Crippen molar-refractivity contribution in [1.82, 2.24) is 0 Å². The van der Waals surface area contributed by atoms with Crippen molar-refractivity contribution in [3.63, 3.8) is 0 Å². The van der Waals surface area contributed by atoms with Crippen LogP contribution < -0.4 is 0 Å². The van der Waals surface area contributed by atoms with Crippen molar-refractivity contribution >= 4 is 6.21 Å². The van der Waals surface area contributed by atoms with Crippen LogP contribution in [-0.4, -0.2) is 16.5 Å². The fraction of sp³-hybridized carbons (Fsp3) is 0.167. The predicted octanol–water partition coefficient (Wildman–Crippen LogP) is 1.46. The van der Waals surface area contributed by atoms with E-state index in [1.807, 2.05) is 0 Å². The van der Waals surface area contributed by atoms with E-state index in [2.05, 4.69) is 5.16 Å². The summed E-state index contributed by atoms with van der Waals surface area (Å²) in [5.74, 6) is 0. The lowest BCUT2D eigenvalue weighted by molar-refractivity contribution is 0.321. The summed E-state index contributed by atoms with van der Waals surface area (Å²) in [6, 6.07) is 0. The molecule has 0 aromatic heterocycles. The zero-order valence-electron chi connectivity index (χ0n) is 5.15. The Hall–Kier alpha value is -1.25. The van der Waals surface area contributed by atoms with Gasteiger partial charge in [-0.1, -0.05) is 11.2 Å². The fourth-order valence-electron chi connectivity index (χ4n) is 0.329. The smallest absolute Gasteiger partial charge is 0.0791 e. The summed E-state index contributed by atoms with van der Waals surface area (Å²) in [5, 5.41) is 18.9. The predicted molar refractivity (Wildman–Crippen MR) is 35.8 cm³/mol. The van der Waals surface area contributed by atoms with Gasteiger partial charge in [-0.2, -0.15) is 0 Å². The van der Waals surface area contributed by atoms with Crippen LogP contribution in [0.1, 0.15) is 6.92 Å². The highest BCUT2D eigenvalue weighted by Crippen LogP contribution is 1.86. The number of aliphatic hydroxyl groups is 1. The van der Waals surface area contributed by atoms with Crippen molar-refractivity contribution in [2.75, 3.05) is 0 Å². The average Bonchev–Trinajstić information content (AvgIpc) is 1.85. The fourth-order valence-corrected chi connectivity index (χ4v) is 0.329. The Morgan fingerprint density at radius 2 is 2.22 bits per heavy atom. The van der Waals surface area contributed by atoms with E-state index >= 15 is 0 Å². The van der Waals surface area contributed by atoms with Gasteiger partial charge in [-0.3, -0.25) is 0 Å². The number of oxime groups is 1. The summed E-state index contributed by atoms with van der Waals surface area (Å²) in [6.07, 6.45) is 5.24. The Bertz CT molecular complexity index is 147. The molecule has 0 aliphatic rings. The summed E-state index contributed by atoms with van der Waals surface area (Å²) in [6.45, 7) is 1.75. The van der Waals surface area contributed by atoms with Gasteiger partial charge >= 0.3 is 0 Å². The molecule has 0 spiro atoms. The van der Waals surface area contributed by atoms with Crippen molar-refractivity contribution in [2.45, 2.75) is 6.92 Å². The third-order valence-electron chi connectivity index (χ3n) is 0.707. The number of allylic oxidation sites excluding steroid dienone is 3. The first kappa shape index (κ1) is 7.75. The molecule has 0 aromatic carbocycles. The maximum atomic E-state index is 8.15. The second kappa shape index (κ2) is 4.90. The monoisotopic (exact) mass is 127 g/mol. The van der Waals surface area contributed by atoms with Gasteiger partial charge in [0.25, 0.3) is 0 Å². The standard InChI is InChI=1S/C6H9NO2/c1-6(5-7-9)3-2-4-8/h2-5,8-9H,1H3/b4-2+,6-3-,7-5+. The zero-order chi connectivity index (χ0) is 7.11. The zero-order valence-corrected chi connectivity index (χ0v) is 5.15. The van der Waals surface area contributed by atoms with Crippen LogP contribution in [0.5, 0.6) is 0 Å². The van der Waals surface area contributed by atoms with E-state index in [1.54, 1.807) is 13.0 Å². The van der Waals surface area contributed by atoms with Gasteiger partial charge < -0.3 is 10.3 Å². The van der Waals surface area contributed by atoms with Gasteiger partial charge in [0.05, 0.1) is 12.5 Å². The molecule has 0 atom stereocenters. The van der Waals surface area contributed by atoms with Gasteiger partial charge in [0.1, 0.15) is 0 Å². The molecule has 3 heteroatoms. The van der Waals surface area contributed by atoms with Crippen LogP contribution in [0.25, 0.3) is 0 Å². The van der Waals surface area contributed by atoms with Crippen LogP contribution in [-0.2, 0) is 0 Å². The minimum absolute atomic E-state index is 0.766. The first-order valence-corrected chi connectivity index (χ1v) is 2.46. The number of hydrogen-bond donors (Lipinski definition) is 2. The largest absolute Gasteiger partial charge is 0.516 e. The highest BCUT2D eigenvalue weighted by atomic mass is 16.4. The Kier molecular flexibility index (Phi) is 4.22. The molecule has 0 fully saturated rings. The maximum absolute atomic E-state index is 8.15. The summed E-state index contributed by atoms with van der Waals surface area (Å²) in [7, 11) is 0. The summed E-state index contributed by atoms with van der Waals surface area (Å²) >= 11 is 0. The lowest BCUT2D eigenvalue weighted by Gasteiger charge is -1.81. The number of nitrogens with zero attached hydrogens (tertiary/aromatic N) is 1. The molecule has 0 saturated heterocycles. The molecule has 0 heterocycles. The van der Waals surface area contributed by atoms with Gasteiger partial charge in [0.2, 0.25) is 0 Å². The van der Waals surface area contributed by atoms with E-state index in [0.29, 0.717) is 0 Å². The van der Waals surface area contributed by atoms with Gasteiger partial charge in [-0.15, -0.1) is 0 Å². The summed E-state index contributed by atoms with van der Waals surface area (Å²) in [4.78, 5) is 0. The van der Waals surface area contributed by atoms with E-state index < -0.39 is 0 Å². The molecule has 3 nitrogen and oxygen atoms in total. The first-order valence-electron chi connectivity index (χ1n) is 2.46. The molecule has 0 saturated carbocycles. The average molecular weight is 127 g/mol. The molecule has 50 valence electrons. The van der Waals surface area contributed by atoms with E-state index in [-0.39, 0.29) is 0 Å². The van der Waals surface area contributed by atoms with Crippen LogP contribution in [0.3, 0.4) is 0 Å². The molecule has 0 bridgehead atoms. The molecule has 9 heavy (non-hydrogen) atoms. The Balaban J connectivity index is 3.84. The van der Waals surface area contributed by atoms with Gasteiger partial charge in [0.15, 0.2) is 0 Å². The van der Waals surface area contributed by atoms with Crippen molar-refractivity contribution in [3.8, 4) is 0 Å². The molecule has 0 amide bonds. The van der Waals surface area contributed by atoms with E-state index in [4.69, 9.17) is 10.3 Å². The van der Waals surface area contributed by atoms with Crippen molar-refractivity contribution in [2.24, 2.45) is 5.16 Å². The minimum Gasteiger partial charge on any atom is -0.516 e. The summed E-state index contributed by atoms with van der Waals surface area (Å²) in [5.41, 5.74) is 0.766. The molecule has 0 rings (SSSR count). The SMILES string of the molecule is CC(=C/C=C/O)/C=N/O. The third kappa shape index (κ3) is 4.61. The molecule has 0 aliphatic heterocycles. The lowest BCUT2D eigenvalue weighted by atomic mass is 10.3. The first-order chi connectivity index (χ1) is 4.31. The quantitative estimate of drug-likeness (QED) is 0.194. The van der Waals surface area contributed by atoms with E-state index in [0.717, 1.165) is 11.8 Å². The number of rotatable bonds is 2. The highest BCUT2D eigenvalue weighted by Gasteiger charge is 1.75. The highest BCUT2D eigenvalue weighted by molar-refractivity contribution is 5.77. The normalized spacial score (nSPS) is 13.7. The van der Waals surface area contributed by atoms with E-state index in [9.17, 15) is 0 Å². The van der Waals surface area contributed by atoms with Gasteiger partial charge in [0, 0.05) is 0 Å². The van der Waals surface area contributed by atoms with Crippen LogP contribution in [0.2, 0.25) is 0 Å². The van der Waals surface area contributed by atoms with E-state index in [1.165, 1.54) is 12.3 Å². The van der Waals surface area contributed by atoms with Gasteiger partial charge in [-0.25, -0.2) is 0 Å². The van der Waals surface area contributed by atoms with Crippen LogP contribution in [0.15, 0.2) is 29.1 Å². The molecule has 0 aliphatic carbocycles. The number of hydrogen-bond acceptors (Lipinski definition) is 3. The minimum atomic E-state index is 0.766.